The maximum Gasteiger partial charge on any atom is 0.259 e. The Hall–Kier alpha value is -3.54. The molecule has 1 aliphatic rings. The van der Waals surface area contributed by atoms with Gasteiger partial charge in [-0.15, -0.1) is 0 Å². The fourth-order valence-electron chi connectivity index (χ4n) is 3.34. The second kappa shape index (κ2) is 8.45. The van der Waals surface area contributed by atoms with E-state index in [1.54, 1.807) is 24.0 Å². The fraction of sp³-hybridized carbons (Fsp3) is 0.333. The number of rotatable bonds is 4. The Morgan fingerprint density at radius 3 is 2.73 bits per heavy atom. The van der Waals surface area contributed by atoms with Gasteiger partial charge in [-0.05, 0) is 37.6 Å². The molecule has 1 aromatic carbocycles. The average Bonchev–Trinajstić information content (AvgIpc) is 2.88. The van der Waals surface area contributed by atoms with Crippen molar-refractivity contribution < 1.29 is 18.4 Å². The summed E-state index contributed by atoms with van der Waals surface area (Å²) >= 11 is 0. The van der Waals surface area contributed by atoms with Crippen LogP contribution >= 0.6 is 0 Å². The molecule has 0 saturated carbocycles. The number of hydrogen-bond donors (Lipinski definition) is 2. The van der Waals surface area contributed by atoms with Crippen molar-refractivity contribution in [2.24, 2.45) is 5.73 Å². The molecule has 1 aromatic heterocycles. The maximum atomic E-state index is 13.8. The van der Waals surface area contributed by atoms with Crippen LogP contribution in [0.1, 0.15) is 51.2 Å². The van der Waals surface area contributed by atoms with E-state index in [2.05, 4.69) is 10.3 Å². The van der Waals surface area contributed by atoms with Crippen LogP contribution in [-0.2, 0) is 0 Å². The largest absolute Gasteiger partial charge is 0.366 e. The Morgan fingerprint density at radius 1 is 1.27 bits per heavy atom. The van der Waals surface area contributed by atoms with Crippen LogP contribution in [0.4, 0.5) is 20.3 Å². The molecule has 156 valence electrons. The number of carbonyl (C=O) groups is 2. The summed E-state index contributed by atoms with van der Waals surface area (Å²) in [6, 6.07) is 9.51. The number of nitriles is 1. The number of pyridine rings is 1. The second-order valence-electron chi connectivity index (χ2n) is 7.20. The lowest BCUT2D eigenvalue weighted by atomic mass is 10.1. The molecular formula is C21H21F2N5O2. The van der Waals surface area contributed by atoms with Crippen molar-refractivity contribution in [2.75, 3.05) is 23.3 Å². The van der Waals surface area contributed by atoms with Crippen LogP contribution in [0.15, 0.2) is 30.3 Å². The number of primary amides is 1. The Kier molecular flexibility index (Phi) is 5.96. The van der Waals surface area contributed by atoms with Crippen molar-refractivity contribution in [2.45, 2.75) is 32.1 Å². The van der Waals surface area contributed by atoms with Gasteiger partial charge in [0.15, 0.2) is 0 Å². The summed E-state index contributed by atoms with van der Waals surface area (Å²) in [4.78, 5) is 30.4. The molecule has 0 atom stereocenters. The van der Waals surface area contributed by atoms with Crippen molar-refractivity contribution in [3.8, 4) is 6.07 Å². The van der Waals surface area contributed by atoms with Crippen molar-refractivity contribution in [3.63, 3.8) is 0 Å². The highest BCUT2D eigenvalue weighted by Gasteiger charge is 2.33. The molecule has 1 saturated heterocycles. The number of anilines is 2. The van der Waals surface area contributed by atoms with Gasteiger partial charge >= 0.3 is 0 Å². The molecule has 0 bridgehead atoms. The van der Waals surface area contributed by atoms with E-state index in [0.29, 0.717) is 17.9 Å². The molecular weight excluding hydrogens is 392 g/mol. The third-order valence-electron chi connectivity index (χ3n) is 4.98. The van der Waals surface area contributed by atoms with Gasteiger partial charge in [-0.1, -0.05) is 6.07 Å². The van der Waals surface area contributed by atoms with Gasteiger partial charge in [-0.2, -0.15) is 5.26 Å². The van der Waals surface area contributed by atoms with E-state index in [4.69, 9.17) is 5.73 Å². The van der Waals surface area contributed by atoms with Gasteiger partial charge in [-0.3, -0.25) is 9.59 Å². The summed E-state index contributed by atoms with van der Waals surface area (Å²) in [6.45, 7) is 2.00. The molecule has 1 aliphatic heterocycles. The summed E-state index contributed by atoms with van der Waals surface area (Å²) in [5.41, 5.74) is 6.57. The number of carbonyl (C=O) groups excluding carboxylic acids is 2. The Balaban J connectivity index is 1.96. The van der Waals surface area contributed by atoms with Gasteiger partial charge in [-0.25, -0.2) is 13.8 Å². The molecule has 7 nitrogen and oxygen atoms in total. The first kappa shape index (κ1) is 21.2. The Morgan fingerprint density at radius 2 is 2.03 bits per heavy atom. The highest BCUT2D eigenvalue weighted by molar-refractivity contribution is 6.08. The predicted molar refractivity (Wildman–Crippen MR) is 108 cm³/mol. The van der Waals surface area contributed by atoms with E-state index in [1.807, 2.05) is 6.07 Å². The molecule has 2 amide bonds. The molecule has 30 heavy (non-hydrogen) atoms. The number of aryl methyl sites for hydroxylation is 1. The molecule has 2 heterocycles. The number of aromatic nitrogens is 1. The first-order valence-electron chi connectivity index (χ1n) is 9.46. The summed E-state index contributed by atoms with van der Waals surface area (Å²) in [5, 5.41) is 12.0. The zero-order valence-corrected chi connectivity index (χ0v) is 16.4. The number of halogens is 2. The van der Waals surface area contributed by atoms with E-state index < -0.39 is 17.7 Å². The number of amides is 2. The molecule has 9 heteroatoms. The molecule has 0 spiro atoms. The Labute approximate surface area is 172 Å². The second-order valence-corrected chi connectivity index (χ2v) is 7.20. The van der Waals surface area contributed by atoms with Gasteiger partial charge in [0.25, 0.3) is 5.91 Å². The zero-order valence-electron chi connectivity index (χ0n) is 16.4. The lowest BCUT2D eigenvalue weighted by Crippen LogP contribution is -2.30. The van der Waals surface area contributed by atoms with Crippen LogP contribution in [0.3, 0.4) is 0 Å². The van der Waals surface area contributed by atoms with Gasteiger partial charge in [0.05, 0.1) is 16.8 Å². The fourth-order valence-corrected chi connectivity index (χ4v) is 3.34. The van der Waals surface area contributed by atoms with Crippen LogP contribution < -0.4 is 16.0 Å². The summed E-state index contributed by atoms with van der Waals surface area (Å²) < 4.78 is 27.6. The van der Waals surface area contributed by atoms with E-state index in [0.717, 1.165) is 0 Å². The van der Waals surface area contributed by atoms with Gasteiger partial charge in [0, 0.05) is 37.2 Å². The molecule has 0 radical (unpaired) electrons. The number of nitrogens with one attached hydrogen (secondary N) is 1. The lowest BCUT2D eigenvalue weighted by Gasteiger charge is -2.24. The van der Waals surface area contributed by atoms with E-state index in [9.17, 15) is 23.6 Å². The monoisotopic (exact) mass is 413 g/mol. The topological polar surface area (TPSA) is 112 Å². The molecule has 2 aromatic rings. The number of nitrogens with two attached hydrogens (primary N) is 1. The quantitative estimate of drug-likeness (QED) is 0.799. The van der Waals surface area contributed by atoms with Crippen molar-refractivity contribution >= 4 is 23.3 Å². The standard InChI is InChI=1S/C21H21F2N5O2/c1-13-15(12-24)11-17(19(26-13)28-8-3-6-21(22,23)7-9-28)20(30)27-16-5-2-4-14(10-16)18(25)29/h2,4-5,10-11H,3,6-9H2,1H3,(H2,25,29)(H,27,30). The normalized spacial score (nSPS) is 15.7. The number of alkyl halides is 2. The Bertz CT molecular complexity index is 1030. The van der Waals surface area contributed by atoms with Crippen LogP contribution in [0, 0.1) is 18.3 Å². The van der Waals surface area contributed by atoms with Crippen LogP contribution in [-0.4, -0.2) is 35.8 Å². The van der Waals surface area contributed by atoms with Crippen LogP contribution in [0.2, 0.25) is 0 Å². The maximum absolute atomic E-state index is 13.8. The molecule has 0 aliphatic carbocycles. The van der Waals surface area contributed by atoms with Crippen LogP contribution in [0.25, 0.3) is 0 Å². The smallest absolute Gasteiger partial charge is 0.259 e. The van der Waals surface area contributed by atoms with Gasteiger partial charge in [0.1, 0.15) is 11.9 Å². The molecule has 0 unspecified atom stereocenters. The van der Waals surface area contributed by atoms with E-state index in [1.165, 1.54) is 18.2 Å². The average molecular weight is 413 g/mol. The number of benzene rings is 1. The highest BCUT2D eigenvalue weighted by Crippen LogP contribution is 2.31. The van der Waals surface area contributed by atoms with Crippen molar-refractivity contribution in [1.29, 1.82) is 5.26 Å². The van der Waals surface area contributed by atoms with Gasteiger partial charge in [0.2, 0.25) is 11.8 Å². The van der Waals surface area contributed by atoms with Crippen LogP contribution in [0.5, 0.6) is 0 Å². The number of hydrogen-bond acceptors (Lipinski definition) is 5. The molecule has 3 rings (SSSR count). The minimum Gasteiger partial charge on any atom is -0.366 e. The summed E-state index contributed by atoms with van der Waals surface area (Å²) in [5.74, 6) is -3.70. The van der Waals surface area contributed by atoms with Crippen molar-refractivity contribution in [3.05, 3.63) is 52.7 Å². The third kappa shape index (κ3) is 4.71. The van der Waals surface area contributed by atoms with Crippen molar-refractivity contribution in [1.82, 2.24) is 4.98 Å². The SMILES string of the molecule is Cc1nc(N2CCCC(F)(F)CC2)c(C(=O)Nc2cccc(C(N)=O)c2)cc1C#N. The lowest BCUT2D eigenvalue weighted by molar-refractivity contribution is -0.0102. The third-order valence-corrected chi connectivity index (χ3v) is 4.98. The first-order chi connectivity index (χ1) is 14.2. The summed E-state index contributed by atoms with van der Waals surface area (Å²) in [7, 11) is 0. The molecule has 3 N–H and O–H groups in total. The minimum absolute atomic E-state index is 0.0444. The minimum atomic E-state index is -2.76. The first-order valence-corrected chi connectivity index (χ1v) is 9.46. The van der Waals surface area contributed by atoms with E-state index >= 15 is 0 Å². The summed E-state index contributed by atoms with van der Waals surface area (Å²) in [6.07, 6.45) is -0.301. The highest BCUT2D eigenvalue weighted by atomic mass is 19.3. The zero-order chi connectivity index (χ0) is 21.9. The molecule has 1 fully saturated rings. The predicted octanol–water partition coefficient (Wildman–Crippen LogP) is 3.24. The van der Waals surface area contributed by atoms with Gasteiger partial charge < -0.3 is 16.0 Å². The number of nitrogens with zero attached hydrogens (tertiary/aromatic N) is 3. The van der Waals surface area contributed by atoms with E-state index in [-0.39, 0.29) is 48.3 Å².